The molecule has 5 aromatic rings. The van der Waals surface area contributed by atoms with Crippen molar-refractivity contribution in [2.75, 3.05) is 0 Å². The van der Waals surface area contributed by atoms with Crippen LogP contribution in [-0.2, 0) is 12.3 Å². The summed E-state index contributed by atoms with van der Waals surface area (Å²) in [5.41, 5.74) is 2.60. The normalized spacial score (nSPS) is 11.6. The number of halogens is 1. The van der Waals surface area contributed by atoms with Gasteiger partial charge in [0.25, 0.3) is 5.56 Å². The Hall–Kier alpha value is -3.04. The Bertz CT molecular complexity index is 1470. The average molecular weight is 480 g/mol. The zero-order chi connectivity index (χ0) is 22.8. The number of aromatic nitrogens is 5. The molecule has 9 heteroatoms. The molecule has 168 valence electrons. The third kappa shape index (κ3) is 4.30. The van der Waals surface area contributed by atoms with Crippen LogP contribution in [0.2, 0.25) is 0 Å². The van der Waals surface area contributed by atoms with Crippen molar-refractivity contribution in [1.29, 1.82) is 0 Å². The van der Waals surface area contributed by atoms with Gasteiger partial charge in [-0.15, -0.1) is 21.5 Å². The molecular formula is C24H22FN5OS2. The first kappa shape index (κ1) is 21.8. The third-order valence-corrected chi connectivity index (χ3v) is 7.36. The fourth-order valence-corrected chi connectivity index (χ4v) is 5.55. The van der Waals surface area contributed by atoms with E-state index >= 15 is 0 Å². The van der Waals surface area contributed by atoms with Crippen molar-refractivity contribution in [3.63, 3.8) is 0 Å². The Morgan fingerprint density at radius 2 is 1.88 bits per heavy atom. The molecule has 0 aliphatic rings. The monoisotopic (exact) mass is 479 g/mol. The van der Waals surface area contributed by atoms with Crippen LogP contribution < -0.4 is 5.56 Å². The molecule has 3 aromatic heterocycles. The average Bonchev–Trinajstić information content (AvgIpc) is 3.48. The summed E-state index contributed by atoms with van der Waals surface area (Å²) < 4.78 is 16.9. The number of hydrogen-bond donors (Lipinski definition) is 0. The van der Waals surface area contributed by atoms with Gasteiger partial charge in [-0.25, -0.2) is 9.37 Å². The second kappa shape index (κ2) is 9.44. The minimum absolute atomic E-state index is 0.0263. The van der Waals surface area contributed by atoms with Crippen LogP contribution in [0.5, 0.6) is 0 Å². The molecule has 0 unspecified atom stereocenters. The maximum atomic E-state index is 13.2. The van der Waals surface area contributed by atoms with Crippen LogP contribution in [-0.4, -0.2) is 24.1 Å². The molecule has 2 aromatic carbocycles. The molecular weight excluding hydrogens is 457 g/mol. The molecule has 0 bridgehead atoms. The van der Waals surface area contributed by atoms with Crippen LogP contribution in [0.25, 0.3) is 27.3 Å². The summed E-state index contributed by atoms with van der Waals surface area (Å²) in [4.78, 5) is 17.8. The maximum absolute atomic E-state index is 13.2. The van der Waals surface area contributed by atoms with E-state index in [0.717, 1.165) is 46.2 Å². The molecule has 0 aliphatic heterocycles. The van der Waals surface area contributed by atoms with E-state index in [9.17, 15) is 9.18 Å². The van der Waals surface area contributed by atoms with Crippen molar-refractivity contribution in [1.82, 2.24) is 24.1 Å². The molecule has 6 nitrogen and oxygen atoms in total. The van der Waals surface area contributed by atoms with Gasteiger partial charge in [0.1, 0.15) is 10.8 Å². The van der Waals surface area contributed by atoms with Gasteiger partial charge >= 0.3 is 0 Å². The highest BCUT2D eigenvalue weighted by molar-refractivity contribution is 7.98. The second-order valence-corrected chi connectivity index (χ2v) is 9.54. The number of fused-ring (bicyclic) bond motifs is 3. The summed E-state index contributed by atoms with van der Waals surface area (Å²) in [6.07, 6.45) is 3.06. The van der Waals surface area contributed by atoms with E-state index in [2.05, 4.69) is 17.1 Å². The molecule has 0 aliphatic carbocycles. The number of unbranched alkanes of at least 4 members (excludes halogenated alkanes) is 2. The zero-order valence-electron chi connectivity index (χ0n) is 18.1. The van der Waals surface area contributed by atoms with Gasteiger partial charge in [-0.3, -0.25) is 13.8 Å². The Labute approximate surface area is 198 Å². The molecule has 0 fully saturated rings. The summed E-state index contributed by atoms with van der Waals surface area (Å²) in [5, 5.41) is 13.0. The van der Waals surface area contributed by atoms with E-state index in [4.69, 9.17) is 4.98 Å². The summed E-state index contributed by atoms with van der Waals surface area (Å²) in [6, 6.07) is 14.0. The summed E-state index contributed by atoms with van der Waals surface area (Å²) in [6.45, 7) is 2.77. The van der Waals surface area contributed by atoms with Crippen LogP contribution in [0, 0.1) is 5.82 Å². The minimum Gasteiger partial charge on any atom is -0.276 e. The van der Waals surface area contributed by atoms with E-state index in [1.54, 1.807) is 16.7 Å². The molecule has 0 radical (unpaired) electrons. The number of para-hydroxylation sites is 1. The van der Waals surface area contributed by atoms with Crippen molar-refractivity contribution in [2.45, 2.75) is 43.6 Å². The van der Waals surface area contributed by atoms with Gasteiger partial charge in [0.05, 0.1) is 16.6 Å². The van der Waals surface area contributed by atoms with E-state index in [0.29, 0.717) is 23.5 Å². The Balaban J connectivity index is 1.47. The highest BCUT2D eigenvalue weighted by Gasteiger charge is 2.17. The molecule has 0 amide bonds. The van der Waals surface area contributed by atoms with Crippen LogP contribution in [0.4, 0.5) is 4.39 Å². The van der Waals surface area contributed by atoms with Crippen LogP contribution >= 0.6 is 23.1 Å². The highest BCUT2D eigenvalue weighted by Crippen LogP contribution is 2.28. The van der Waals surface area contributed by atoms with Crippen LogP contribution in [0.1, 0.15) is 31.9 Å². The fraction of sp³-hybridized carbons (Fsp3) is 0.250. The molecule has 0 spiro atoms. The molecule has 0 saturated carbocycles. The van der Waals surface area contributed by atoms with Crippen molar-refractivity contribution in [3.05, 3.63) is 75.8 Å². The lowest BCUT2D eigenvalue weighted by Crippen LogP contribution is -2.23. The number of rotatable bonds is 8. The third-order valence-electron chi connectivity index (χ3n) is 5.46. The highest BCUT2D eigenvalue weighted by atomic mass is 32.2. The predicted molar refractivity (Wildman–Crippen MR) is 131 cm³/mol. The lowest BCUT2D eigenvalue weighted by atomic mass is 10.2. The van der Waals surface area contributed by atoms with E-state index in [1.165, 1.54) is 35.2 Å². The number of benzene rings is 2. The van der Waals surface area contributed by atoms with Crippen molar-refractivity contribution < 1.29 is 4.39 Å². The van der Waals surface area contributed by atoms with Crippen LogP contribution in [0.3, 0.4) is 0 Å². The molecule has 5 rings (SSSR count). The van der Waals surface area contributed by atoms with Gasteiger partial charge in [-0.1, -0.05) is 43.7 Å². The second-order valence-electron chi connectivity index (χ2n) is 7.74. The van der Waals surface area contributed by atoms with Gasteiger partial charge in [0.2, 0.25) is 5.78 Å². The van der Waals surface area contributed by atoms with Gasteiger partial charge in [0, 0.05) is 23.2 Å². The van der Waals surface area contributed by atoms with Gasteiger partial charge in [-0.2, -0.15) is 0 Å². The molecule has 3 heterocycles. The first-order valence-electron chi connectivity index (χ1n) is 10.9. The number of aryl methyl sites for hydroxylation is 1. The lowest BCUT2D eigenvalue weighted by Gasteiger charge is -2.11. The molecule has 33 heavy (non-hydrogen) atoms. The van der Waals surface area contributed by atoms with Crippen molar-refractivity contribution >= 4 is 39.8 Å². The smallest absolute Gasteiger partial charge is 0.262 e. The molecule has 0 saturated heterocycles. The van der Waals surface area contributed by atoms with Crippen LogP contribution in [0.15, 0.2) is 63.9 Å². The minimum atomic E-state index is -0.259. The topological polar surface area (TPSA) is 65.1 Å². The summed E-state index contributed by atoms with van der Waals surface area (Å²) in [5.74, 6) is 0.926. The Kier molecular flexibility index (Phi) is 6.24. The van der Waals surface area contributed by atoms with E-state index in [-0.39, 0.29) is 11.4 Å². The van der Waals surface area contributed by atoms with E-state index in [1.807, 2.05) is 34.0 Å². The van der Waals surface area contributed by atoms with E-state index < -0.39 is 0 Å². The molecule has 0 N–H and O–H groups in total. The van der Waals surface area contributed by atoms with Crippen molar-refractivity contribution in [3.8, 4) is 10.6 Å². The Morgan fingerprint density at radius 1 is 1.06 bits per heavy atom. The lowest BCUT2D eigenvalue weighted by molar-refractivity contribution is 0.594. The van der Waals surface area contributed by atoms with Gasteiger partial charge < -0.3 is 0 Å². The quantitative estimate of drug-likeness (QED) is 0.208. The number of thiazole rings is 1. The van der Waals surface area contributed by atoms with Gasteiger partial charge in [0.15, 0.2) is 5.16 Å². The van der Waals surface area contributed by atoms with Crippen molar-refractivity contribution in [2.24, 2.45) is 0 Å². The number of thioether (sulfide) groups is 1. The largest absolute Gasteiger partial charge is 0.276 e. The zero-order valence-corrected chi connectivity index (χ0v) is 19.7. The maximum Gasteiger partial charge on any atom is 0.262 e. The summed E-state index contributed by atoms with van der Waals surface area (Å²) in [7, 11) is 0. The SMILES string of the molecule is CCCCCn1c(=O)c2ccccc2n2c(SCc3csc(-c4ccc(F)cc4)n3)nnc12. The Morgan fingerprint density at radius 3 is 2.70 bits per heavy atom. The summed E-state index contributed by atoms with van der Waals surface area (Å²) >= 11 is 3.07. The van der Waals surface area contributed by atoms with Gasteiger partial charge in [-0.05, 0) is 42.8 Å². The number of hydrogen-bond acceptors (Lipinski definition) is 6. The fourth-order valence-electron chi connectivity index (χ4n) is 3.79. The standard InChI is InChI=1S/C24H22FN5OS2/c1-2-3-6-13-29-22(31)19-7-4-5-8-20(19)30-23(29)27-28-24(30)33-15-18-14-32-21(26-18)16-9-11-17(25)12-10-16/h4-5,7-12,14H,2-3,6,13,15H2,1H3. The first-order chi connectivity index (χ1) is 16.2. The predicted octanol–water partition coefficient (Wildman–Crippen LogP) is 5.79. The number of nitrogens with zero attached hydrogens (tertiary/aromatic N) is 5. The first-order valence-corrected chi connectivity index (χ1v) is 12.7. The molecule has 0 atom stereocenters.